The summed E-state index contributed by atoms with van der Waals surface area (Å²) in [5.74, 6) is 0. The summed E-state index contributed by atoms with van der Waals surface area (Å²) in [5.41, 5.74) is 0.943. The molecule has 1 aromatic carbocycles. The van der Waals surface area contributed by atoms with E-state index in [0.717, 1.165) is 22.9 Å². The molecule has 3 nitrogen and oxygen atoms in total. The standard InChI is InChI=1S/C12H16BrNO2S/c1-9-8-11(5-6-12(9)13)17(15,16)14-7-3-4-10(14)2/h5-6,8,10H,3-4,7H2,1-2H3/t10-/m0/s1. The minimum Gasteiger partial charge on any atom is -0.207 e. The van der Waals surface area contributed by atoms with Crippen molar-refractivity contribution in [3.05, 3.63) is 28.2 Å². The molecule has 1 aliphatic heterocycles. The highest BCUT2D eigenvalue weighted by Crippen LogP contribution is 2.27. The maximum Gasteiger partial charge on any atom is 0.243 e. The van der Waals surface area contributed by atoms with Crippen LogP contribution in [0.4, 0.5) is 0 Å². The zero-order chi connectivity index (χ0) is 12.6. The molecule has 1 fully saturated rings. The minimum absolute atomic E-state index is 0.115. The van der Waals surface area contributed by atoms with Crippen LogP contribution in [0.25, 0.3) is 0 Å². The Balaban J connectivity index is 2.41. The molecule has 5 heteroatoms. The van der Waals surface area contributed by atoms with E-state index in [0.29, 0.717) is 11.4 Å². The van der Waals surface area contributed by atoms with E-state index in [4.69, 9.17) is 0 Å². The maximum absolute atomic E-state index is 12.4. The second kappa shape index (κ2) is 4.71. The fourth-order valence-electron chi connectivity index (χ4n) is 2.18. The Labute approximate surface area is 111 Å². The van der Waals surface area contributed by atoms with Gasteiger partial charge in [0.1, 0.15) is 0 Å². The van der Waals surface area contributed by atoms with Crippen molar-refractivity contribution in [3.63, 3.8) is 0 Å². The second-order valence-corrected chi connectivity index (χ2v) is 7.26. The normalized spacial score (nSPS) is 21.9. The first-order valence-corrected chi connectivity index (χ1v) is 7.94. The van der Waals surface area contributed by atoms with Crippen molar-refractivity contribution in [3.8, 4) is 0 Å². The number of aryl methyl sites for hydroxylation is 1. The molecule has 0 radical (unpaired) electrons. The van der Waals surface area contributed by atoms with Gasteiger partial charge in [-0.2, -0.15) is 4.31 Å². The zero-order valence-electron chi connectivity index (χ0n) is 9.98. The number of halogens is 1. The molecule has 0 aliphatic carbocycles. The summed E-state index contributed by atoms with van der Waals surface area (Å²) < 4.78 is 27.4. The highest BCUT2D eigenvalue weighted by Gasteiger charge is 2.32. The van der Waals surface area contributed by atoms with Crippen LogP contribution in [0.3, 0.4) is 0 Å². The summed E-state index contributed by atoms with van der Waals surface area (Å²) in [6.45, 7) is 4.51. The molecule has 0 spiro atoms. The molecule has 0 aromatic heterocycles. The average molecular weight is 318 g/mol. The van der Waals surface area contributed by atoms with Gasteiger partial charge in [0.05, 0.1) is 4.90 Å². The van der Waals surface area contributed by atoms with E-state index in [1.165, 1.54) is 0 Å². The van der Waals surface area contributed by atoms with Crippen LogP contribution in [0, 0.1) is 6.92 Å². The van der Waals surface area contributed by atoms with Gasteiger partial charge in [-0.3, -0.25) is 0 Å². The number of hydrogen-bond donors (Lipinski definition) is 0. The van der Waals surface area contributed by atoms with Crippen molar-refractivity contribution in [1.29, 1.82) is 0 Å². The monoisotopic (exact) mass is 317 g/mol. The molecule has 1 aliphatic rings. The van der Waals surface area contributed by atoms with Crippen LogP contribution in [0.15, 0.2) is 27.6 Å². The summed E-state index contributed by atoms with van der Waals surface area (Å²) in [6.07, 6.45) is 1.91. The summed E-state index contributed by atoms with van der Waals surface area (Å²) in [7, 11) is -3.31. The van der Waals surface area contributed by atoms with Crippen LogP contribution in [0.1, 0.15) is 25.3 Å². The number of sulfonamides is 1. The van der Waals surface area contributed by atoms with Gasteiger partial charge in [0.25, 0.3) is 0 Å². The van der Waals surface area contributed by atoms with Gasteiger partial charge in [-0.15, -0.1) is 0 Å². The van der Waals surface area contributed by atoms with Crippen molar-refractivity contribution >= 4 is 26.0 Å². The van der Waals surface area contributed by atoms with Gasteiger partial charge >= 0.3 is 0 Å². The summed E-state index contributed by atoms with van der Waals surface area (Å²) in [5, 5.41) is 0. The molecular weight excluding hydrogens is 302 g/mol. The van der Waals surface area contributed by atoms with Crippen LogP contribution < -0.4 is 0 Å². The van der Waals surface area contributed by atoms with Crippen molar-refractivity contribution in [2.75, 3.05) is 6.54 Å². The lowest BCUT2D eigenvalue weighted by molar-refractivity contribution is 0.408. The molecule has 94 valence electrons. The van der Waals surface area contributed by atoms with Gasteiger partial charge in [-0.25, -0.2) is 8.42 Å². The van der Waals surface area contributed by atoms with E-state index < -0.39 is 10.0 Å². The largest absolute Gasteiger partial charge is 0.243 e. The van der Waals surface area contributed by atoms with Gasteiger partial charge in [0.15, 0.2) is 0 Å². The summed E-state index contributed by atoms with van der Waals surface area (Å²) in [6, 6.07) is 5.30. The Morgan fingerprint density at radius 1 is 1.41 bits per heavy atom. The lowest BCUT2D eigenvalue weighted by atomic mass is 10.2. The fraction of sp³-hybridized carbons (Fsp3) is 0.500. The van der Waals surface area contributed by atoms with Gasteiger partial charge in [-0.1, -0.05) is 15.9 Å². The predicted octanol–water partition coefficient (Wildman–Crippen LogP) is 2.93. The second-order valence-electron chi connectivity index (χ2n) is 4.52. The van der Waals surface area contributed by atoms with Crippen LogP contribution >= 0.6 is 15.9 Å². The van der Waals surface area contributed by atoms with E-state index in [-0.39, 0.29) is 6.04 Å². The first-order chi connectivity index (χ1) is 7.93. The van der Waals surface area contributed by atoms with Gasteiger partial charge in [0, 0.05) is 17.1 Å². The van der Waals surface area contributed by atoms with Crippen LogP contribution in [0.5, 0.6) is 0 Å². The molecule has 1 atom stereocenters. The highest BCUT2D eigenvalue weighted by atomic mass is 79.9. The third-order valence-electron chi connectivity index (χ3n) is 3.23. The molecule has 1 heterocycles. The van der Waals surface area contributed by atoms with Crippen LogP contribution in [0.2, 0.25) is 0 Å². The highest BCUT2D eigenvalue weighted by molar-refractivity contribution is 9.10. The molecule has 0 bridgehead atoms. The molecule has 1 saturated heterocycles. The number of benzene rings is 1. The Kier molecular flexibility index (Phi) is 3.61. The maximum atomic E-state index is 12.4. The van der Waals surface area contributed by atoms with Crippen molar-refractivity contribution in [2.45, 2.75) is 37.6 Å². The molecule has 0 N–H and O–H groups in total. The predicted molar refractivity (Wildman–Crippen MR) is 71.5 cm³/mol. The van der Waals surface area contributed by atoms with Gasteiger partial charge in [-0.05, 0) is 50.5 Å². The van der Waals surface area contributed by atoms with Crippen molar-refractivity contribution in [1.82, 2.24) is 4.31 Å². The average Bonchev–Trinajstić information content (AvgIpc) is 2.69. The summed E-state index contributed by atoms with van der Waals surface area (Å²) in [4.78, 5) is 0.395. The Hall–Kier alpha value is -0.390. The van der Waals surface area contributed by atoms with Crippen molar-refractivity contribution < 1.29 is 8.42 Å². The Bertz CT molecular complexity index is 527. The lowest BCUT2D eigenvalue weighted by Crippen LogP contribution is -2.33. The minimum atomic E-state index is -3.31. The van der Waals surface area contributed by atoms with E-state index in [9.17, 15) is 8.42 Å². The number of rotatable bonds is 2. The first-order valence-electron chi connectivity index (χ1n) is 5.71. The van der Waals surface area contributed by atoms with E-state index in [1.807, 2.05) is 13.8 Å². The number of hydrogen-bond acceptors (Lipinski definition) is 2. The SMILES string of the molecule is Cc1cc(S(=O)(=O)N2CCC[C@@H]2C)ccc1Br. The zero-order valence-corrected chi connectivity index (χ0v) is 12.4. The first kappa shape index (κ1) is 13.1. The van der Waals surface area contributed by atoms with E-state index >= 15 is 0 Å². The third-order valence-corrected chi connectivity index (χ3v) is 6.13. The topological polar surface area (TPSA) is 37.4 Å². The number of nitrogens with zero attached hydrogens (tertiary/aromatic N) is 1. The lowest BCUT2D eigenvalue weighted by Gasteiger charge is -2.21. The quantitative estimate of drug-likeness (QED) is 0.841. The molecule has 1 aromatic rings. The summed E-state index contributed by atoms with van der Waals surface area (Å²) >= 11 is 3.38. The van der Waals surface area contributed by atoms with Crippen LogP contribution in [-0.2, 0) is 10.0 Å². The Morgan fingerprint density at radius 2 is 2.12 bits per heavy atom. The van der Waals surface area contributed by atoms with Crippen molar-refractivity contribution in [2.24, 2.45) is 0 Å². The van der Waals surface area contributed by atoms with E-state index in [2.05, 4.69) is 15.9 Å². The smallest absolute Gasteiger partial charge is 0.207 e. The molecule has 2 rings (SSSR count). The fourth-order valence-corrected chi connectivity index (χ4v) is 4.21. The molecule has 0 unspecified atom stereocenters. The van der Waals surface area contributed by atoms with Gasteiger partial charge in [0.2, 0.25) is 10.0 Å². The molecule has 0 saturated carbocycles. The molecule has 0 amide bonds. The third kappa shape index (κ3) is 2.41. The van der Waals surface area contributed by atoms with E-state index in [1.54, 1.807) is 22.5 Å². The molecular formula is C12H16BrNO2S. The molecule has 17 heavy (non-hydrogen) atoms. The Morgan fingerprint density at radius 3 is 2.65 bits per heavy atom. The van der Waals surface area contributed by atoms with Crippen LogP contribution in [-0.4, -0.2) is 25.3 Å². The van der Waals surface area contributed by atoms with Gasteiger partial charge < -0.3 is 0 Å².